The van der Waals surface area contributed by atoms with Crippen LogP contribution in [0, 0.1) is 0 Å². The van der Waals surface area contributed by atoms with Gasteiger partial charge in [-0.1, -0.05) is 13.8 Å². The molecule has 0 aromatic heterocycles. The normalized spacial score (nSPS) is 20.9. The summed E-state index contributed by atoms with van der Waals surface area (Å²) in [5, 5.41) is 0.714. The lowest BCUT2D eigenvalue weighted by Crippen LogP contribution is -2.28. The molecule has 0 aromatic rings. The van der Waals surface area contributed by atoms with Crippen LogP contribution in [-0.4, -0.2) is 23.7 Å². The minimum absolute atomic E-state index is 0.189. The maximum absolute atomic E-state index is 6.08. The minimum atomic E-state index is 0.189. The van der Waals surface area contributed by atoms with Gasteiger partial charge in [-0.3, -0.25) is 0 Å². The Hall–Kier alpha value is -0.150. The quantitative estimate of drug-likeness (QED) is 0.765. The van der Waals surface area contributed by atoms with Crippen molar-refractivity contribution in [2.75, 3.05) is 12.4 Å². The Morgan fingerprint density at radius 3 is 3.00 bits per heavy atom. The molecule has 2 N–H and O–H groups in total. The van der Waals surface area contributed by atoms with Crippen molar-refractivity contribution in [2.45, 2.75) is 44.4 Å². The molecule has 14 heavy (non-hydrogen) atoms. The molecule has 1 rings (SSSR count). The first kappa shape index (κ1) is 11.9. The molecule has 2 nitrogen and oxygen atoms in total. The number of hydrogen-bond donors (Lipinski definition) is 1. The first-order chi connectivity index (χ1) is 6.74. The zero-order chi connectivity index (χ0) is 10.4. The number of nitrogens with two attached hydrogens (primary N) is 1. The third-order valence-corrected chi connectivity index (χ3v) is 4.03. The Morgan fingerprint density at radius 2 is 2.43 bits per heavy atom. The van der Waals surface area contributed by atoms with E-state index in [1.165, 1.54) is 12.0 Å². The summed E-state index contributed by atoms with van der Waals surface area (Å²) in [5.74, 6) is 1.02. The average molecular weight is 215 g/mol. The highest BCUT2D eigenvalue weighted by Crippen LogP contribution is 2.20. The fourth-order valence-electron chi connectivity index (χ4n) is 1.35. The summed E-state index contributed by atoms with van der Waals surface area (Å²) in [4.78, 5) is 0. The first-order valence-electron chi connectivity index (χ1n) is 5.41. The molecule has 0 spiro atoms. The highest BCUT2D eigenvalue weighted by molar-refractivity contribution is 7.99. The van der Waals surface area contributed by atoms with Gasteiger partial charge in [0.2, 0.25) is 0 Å². The van der Waals surface area contributed by atoms with Crippen molar-refractivity contribution in [1.82, 2.24) is 0 Å². The smallest absolute Gasteiger partial charge is 0.0876 e. The van der Waals surface area contributed by atoms with Gasteiger partial charge in [-0.25, -0.2) is 0 Å². The molecular formula is C11H21NOS. The Kier molecular flexibility index (Phi) is 5.41. The van der Waals surface area contributed by atoms with Gasteiger partial charge in [-0.2, -0.15) is 11.8 Å². The monoisotopic (exact) mass is 215 g/mol. The second-order valence-electron chi connectivity index (χ2n) is 3.83. The van der Waals surface area contributed by atoms with Crippen molar-refractivity contribution in [3.8, 4) is 0 Å². The number of thioether (sulfide) groups is 1. The van der Waals surface area contributed by atoms with E-state index in [1.54, 1.807) is 0 Å². The standard InChI is InChI=1S/C11H21NOS/c1-3-9(2)14-8-11(12)10-5-4-6-13-7-10/h7,9,11H,3-6,8,12H2,1-2H3. The molecule has 0 aromatic carbocycles. The van der Waals surface area contributed by atoms with Gasteiger partial charge in [0, 0.05) is 17.0 Å². The van der Waals surface area contributed by atoms with Crippen LogP contribution in [-0.2, 0) is 4.74 Å². The van der Waals surface area contributed by atoms with Gasteiger partial charge in [0.1, 0.15) is 0 Å². The molecule has 0 saturated heterocycles. The Bertz CT molecular complexity index is 194. The van der Waals surface area contributed by atoms with Crippen molar-refractivity contribution >= 4 is 11.8 Å². The summed E-state index contributed by atoms with van der Waals surface area (Å²) in [6, 6.07) is 0.189. The van der Waals surface area contributed by atoms with Crippen LogP contribution in [0.3, 0.4) is 0 Å². The summed E-state index contributed by atoms with van der Waals surface area (Å²) >= 11 is 1.96. The lowest BCUT2D eigenvalue weighted by molar-refractivity contribution is 0.222. The van der Waals surface area contributed by atoms with E-state index in [9.17, 15) is 0 Å². The molecule has 0 aliphatic carbocycles. The van der Waals surface area contributed by atoms with Crippen LogP contribution in [0.15, 0.2) is 11.8 Å². The molecule has 0 radical (unpaired) electrons. The number of rotatable bonds is 5. The number of hydrogen-bond acceptors (Lipinski definition) is 3. The zero-order valence-electron chi connectivity index (χ0n) is 9.16. The molecule has 1 aliphatic rings. The zero-order valence-corrected chi connectivity index (χ0v) is 9.98. The molecule has 0 fully saturated rings. The van der Waals surface area contributed by atoms with E-state index < -0.39 is 0 Å². The first-order valence-corrected chi connectivity index (χ1v) is 6.46. The summed E-state index contributed by atoms with van der Waals surface area (Å²) in [6.07, 6.45) is 5.31. The second-order valence-corrected chi connectivity index (χ2v) is 5.30. The molecule has 2 atom stereocenters. The molecule has 1 heterocycles. The van der Waals surface area contributed by atoms with Gasteiger partial charge < -0.3 is 10.5 Å². The molecule has 0 saturated carbocycles. The Labute approximate surface area is 91.3 Å². The van der Waals surface area contributed by atoms with Gasteiger partial charge in [0.25, 0.3) is 0 Å². The van der Waals surface area contributed by atoms with Crippen molar-refractivity contribution in [3.63, 3.8) is 0 Å². The van der Waals surface area contributed by atoms with Crippen LogP contribution in [0.5, 0.6) is 0 Å². The fraction of sp³-hybridized carbons (Fsp3) is 0.818. The van der Waals surface area contributed by atoms with E-state index in [1.807, 2.05) is 18.0 Å². The van der Waals surface area contributed by atoms with Gasteiger partial charge >= 0.3 is 0 Å². The summed E-state index contributed by atoms with van der Waals surface area (Å²) in [6.45, 7) is 5.32. The highest BCUT2D eigenvalue weighted by atomic mass is 32.2. The van der Waals surface area contributed by atoms with Crippen molar-refractivity contribution in [3.05, 3.63) is 11.8 Å². The van der Waals surface area contributed by atoms with Gasteiger partial charge in [-0.15, -0.1) is 0 Å². The van der Waals surface area contributed by atoms with E-state index >= 15 is 0 Å². The minimum Gasteiger partial charge on any atom is -0.501 e. The van der Waals surface area contributed by atoms with Crippen LogP contribution < -0.4 is 5.73 Å². The average Bonchev–Trinajstić information content (AvgIpc) is 2.26. The summed E-state index contributed by atoms with van der Waals surface area (Å²) in [5.41, 5.74) is 7.37. The molecule has 2 unspecified atom stereocenters. The van der Waals surface area contributed by atoms with E-state index in [2.05, 4.69) is 13.8 Å². The van der Waals surface area contributed by atoms with Crippen molar-refractivity contribution in [2.24, 2.45) is 5.73 Å². The Balaban J connectivity index is 2.26. The van der Waals surface area contributed by atoms with Crippen LogP contribution in [0.25, 0.3) is 0 Å². The SMILES string of the molecule is CCC(C)SCC(N)C1=COCCC1. The van der Waals surface area contributed by atoms with E-state index in [4.69, 9.17) is 10.5 Å². The lowest BCUT2D eigenvalue weighted by Gasteiger charge is -2.20. The molecule has 1 aliphatic heterocycles. The van der Waals surface area contributed by atoms with Crippen LogP contribution in [0.2, 0.25) is 0 Å². The van der Waals surface area contributed by atoms with Crippen molar-refractivity contribution < 1.29 is 4.74 Å². The van der Waals surface area contributed by atoms with E-state index in [-0.39, 0.29) is 6.04 Å². The largest absolute Gasteiger partial charge is 0.501 e. The third-order valence-electron chi connectivity index (χ3n) is 2.57. The predicted molar refractivity (Wildman–Crippen MR) is 63.5 cm³/mol. The third kappa shape index (κ3) is 3.93. The molecule has 0 amide bonds. The van der Waals surface area contributed by atoms with Gasteiger partial charge in [0.15, 0.2) is 0 Å². The summed E-state index contributed by atoms with van der Waals surface area (Å²) in [7, 11) is 0. The molecule has 3 heteroatoms. The Morgan fingerprint density at radius 1 is 1.64 bits per heavy atom. The predicted octanol–water partition coefficient (Wildman–Crippen LogP) is 2.54. The maximum atomic E-state index is 6.08. The van der Waals surface area contributed by atoms with Crippen LogP contribution in [0.4, 0.5) is 0 Å². The van der Waals surface area contributed by atoms with E-state index in [0.717, 1.165) is 25.2 Å². The van der Waals surface area contributed by atoms with E-state index in [0.29, 0.717) is 5.25 Å². The fourth-order valence-corrected chi connectivity index (χ4v) is 2.34. The van der Waals surface area contributed by atoms with Gasteiger partial charge in [0.05, 0.1) is 12.9 Å². The van der Waals surface area contributed by atoms with Crippen molar-refractivity contribution in [1.29, 1.82) is 0 Å². The maximum Gasteiger partial charge on any atom is 0.0876 e. The molecular weight excluding hydrogens is 194 g/mol. The molecule has 0 bridgehead atoms. The second kappa shape index (κ2) is 6.36. The van der Waals surface area contributed by atoms with Crippen LogP contribution in [0.1, 0.15) is 33.1 Å². The van der Waals surface area contributed by atoms with Gasteiger partial charge in [-0.05, 0) is 24.8 Å². The number of ether oxygens (including phenoxy) is 1. The topological polar surface area (TPSA) is 35.2 Å². The summed E-state index contributed by atoms with van der Waals surface area (Å²) < 4.78 is 5.29. The van der Waals surface area contributed by atoms with Crippen LogP contribution >= 0.6 is 11.8 Å². The lowest BCUT2D eigenvalue weighted by atomic mass is 10.0. The molecule has 82 valence electrons. The highest BCUT2D eigenvalue weighted by Gasteiger charge is 2.13.